The van der Waals surface area contributed by atoms with Crippen molar-refractivity contribution in [3.8, 4) is 22.8 Å². The average Bonchev–Trinajstić information content (AvgIpc) is 3.45. The second kappa shape index (κ2) is 12.1. The van der Waals surface area contributed by atoms with Crippen LogP contribution in [0.5, 0.6) is 11.5 Å². The van der Waals surface area contributed by atoms with Gasteiger partial charge in [0.05, 0.1) is 36.7 Å². The molecular weight excluding hydrogens is 588 g/mol. The molecule has 0 spiro atoms. The third kappa shape index (κ3) is 6.12. The molecule has 0 bridgehead atoms. The number of hydrogen-bond donors (Lipinski definition) is 2. The Bertz CT molecular complexity index is 1800. The largest absolute Gasteiger partial charge is 0.493 e. The number of nitrogens with zero attached hydrogens (tertiary/aromatic N) is 2. The summed E-state index contributed by atoms with van der Waals surface area (Å²) in [5, 5.41) is 7.82. The molecule has 0 fully saturated rings. The zero-order valence-electron chi connectivity index (χ0n) is 22.4. The van der Waals surface area contributed by atoms with Crippen LogP contribution in [0.3, 0.4) is 0 Å². The number of rotatable bonds is 8. The molecule has 0 saturated carbocycles. The number of anilines is 1. The van der Waals surface area contributed by atoms with Gasteiger partial charge >= 0.3 is 0 Å². The number of pyridine rings is 1. The fourth-order valence-corrected chi connectivity index (χ4v) is 4.52. The van der Waals surface area contributed by atoms with Crippen molar-refractivity contribution in [1.82, 2.24) is 10.4 Å². The standard InChI is InChI=1S/C31H25BrN4O5/c1-18(19-7-6-8-21(15-19)33-31(38)27-13-14-29(32)41-27)35-36-30(37)23-17-25(34-24-10-5-4-9-22(23)24)20-11-12-26(39-2)28(16-20)40-3/h4-17H,1-3H3,(H,33,38)(H,36,37). The van der Waals surface area contributed by atoms with Gasteiger partial charge in [0, 0.05) is 16.6 Å². The van der Waals surface area contributed by atoms with E-state index >= 15 is 0 Å². The van der Waals surface area contributed by atoms with E-state index in [9.17, 15) is 9.59 Å². The van der Waals surface area contributed by atoms with Gasteiger partial charge in [-0.2, -0.15) is 5.10 Å². The number of hydrogen-bond acceptors (Lipinski definition) is 7. The second-order valence-corrected chi connectivity index (χ2v) is 9.70. The smallest absolute Gasteiger partial charge is 0.291 e. The van der Waals surface area contributed by atoms with Crippen LogP contribution in [0.2, 0.25) is 0 Å². The van der Waals surface area contributed by atoms with Crippen molar-refractivity contribution in [3.05, 3.63) is 106 Å². The first-order valence-electron chi connectivity index (χ1n) is 12.5. The summed E-state index contributed by atoms with van der Waals surface area (Å²) in [5.41, 5.74) is 6.94. The van der Waals surface area contributed by atoms with E-state index in [1.165, 1.54) is 0 Å². The van der Waals surface area contributed by atoms with Crippen molar-refractivity contribution < 1.29 is 23.5 Å². The predicted octanol–water partition coefficient (Wildman–Crippen LogP) is 6.68. The van der Waals surface area contributed by atoms with Crippen molar-refractivity contribution in [2.24, 2.45) is 5.10 Å². The minimum atomic E-state index is -0.391. The average molecular weight is 613 g/mol. The Hall–Kier alpha value is -4.96. The maximum Gasteiger partial charge on any atom is 0.291 e. The van der Waals surface area contributed by atoms with Crippen LogP contribution in [0.25, 0.3) is 22.2 Å². The number of ether oxygens (including phenoxy) is 2. The predicted molar refractivity (Wildman–Crippen MR) is 161 cm³/mol. The van der Waals surface area contributed by atoms with Crippen LogP contribution < -0.4 is 20.2 Å². The van der Waals surface area contributed by atoms with Gasteiger partial charge in [0.1, 0.15) is 0 Å². The molecule has 206 valence electrons. The number of methoxy groups -OCH3 is 2. The molecule has 0 aliphatic carbocycles. The Balaban J connectivity index is 1.40. The van der Waals surface area contributed by atoms with Gasteiger partial charge in [0.2, 0.25) is 0 Å². The molecule has 2 N–H and O–H groups in total. The summed E-state index contributed by atoms with van der Waals surface area (Å²) in [7, 11) is 3.14. The van der Waals surface area contributed by atoms with Gasteiger partial charge in [-0.25, -0.2) is 10.4 Å². The zero-order chi connectivity index (χ0) is 28.9. The van der Waals surface area contributed by atoms with Gasteiger partial charge < -0.3 is 19.2 Å². The summed E-state index contributed by atoms with van der Waals surface area (Å²) >= 11 is 3.19. The number of amides is 2. The molecule has 5 aromatic rings. The normalized spacial score (nSPS) is 11.3. The highest BCUT2D eigenvalue weighted by Crippen LogP contribution is 2.33. The first-order valence-corrected chi connectivity index (χ1v) is 13.3. The Morgan fingerprint density at radius 2 is 1.68 bits per heavy atom. The number of fused-ring (bicyclic) bond motifs is 1. The summed E-state index contributed by atoms with van der Waals surface area (Å²) in [5.74, 6) is 0.555. The Morgan fingerprint density at radius 1 is 0.878 bits per heavy atom. The maximum atomic E-state index is 13.4. The molecule has 5 rings (SSSR count). The molecule has 0 atom stereocenters. The molecule has 10 heteroatoms. The third-order valence-electron chi connectivity index (χ3n) is 6.30. The van der Waals surface area contributed by atoms with Crippen molar-refractivity contribution in [2.75, 3.05) is 19.5 Å². The molecule has 2 aromatic heterocycles. The summed E-state index contributed by atoms with van der Waals surface area (Å²) < 4.78 is 16.6. The topological polar surface area (TPSA) is 115 Å². The summed E-state index contributed by atoms with van der Waals surface area (Å²) in [6.07, 6.45) is 0. The molecule has 2 heterocycles. The lowest BCUT2D eigenvalue weighted by molar-refractivity contribution is 0.0955. The summed E-state index contributed by atoms with van der Waals surface area (Å²) in [6.45, 7) is 1.77. The monoisotopic (exact) mass is 612 g/mol. The zero-order valence-corrected chi connectivity index (χ0v) is 24.0. The number of benzene rings is 3. The van der Waals surface area contributed by atoms with Gasteiger partial charge in [-0.3, -0.25) is 9.59 Å². The van der Waals surface area contributed by atoms with E-state index in [0.29, 0.717) is 55.3 Å². The summed E-state index contributed by atoms with van der Waals surface area (Å²) in [4.78, 5) is 30.6. The second-order valence-electron chi connectivity index (χ2n) is 8.92. The van der Waals surface area contributed by atoms with Gasteiger partial charge in [-0.15, -0.1) is 0 Å². The number of para-hydroxylation sites is 1. The molecule has 2 amide bonds. The van der Waals surface area contributed by atoms with Crippen molar-refractivity contribution >= 4 is 50.0 Å². The number of carbonyl (C=O) groups is 2. The molecule has 3 aromatic carbocycles. The molecule has 0 saturated heterocycles. The van der Waals surface area contributed by atoms with E-state index in [-0.39, 0.29) is 11.7 Å². The fraction of sp³-hybridized carbons (Fsp3) is 0.0968. The molecule has 0 unspecified atom stereocenters. The van der Waals surface area contributed by atoms with Gasteiger partial charge in [0.25, 0.3) is 11.8 Å². The Kier molecular flexibility index (Phi) is 8.11. The Morgan fingerprint density at radius 3 is 2.44 bits per heavy atom. The lowest BCUT2D eigenvalue weighted by Gasteiger charge is -2.12. The number of aromatic nitrogens is 1. The van der Waals surface area contributed by atoms with E-state index in [1.54, 1.807) is 63.6 Å². The molecule has 0 radical (unpaired) electrons. The van der Waals surface area contributed by atoms with Crippen LogP contribution in [0.4, 0.5) is 5.69 Å². The van der Waals surface area contributed by atoms with Gasteiger partial charge in [-0.05, 0) is 83.0 Å². The van der Waals surface area contributed by atoms with Gasteiger partial charge in [-0.1, -0.05) is 30.3 Å². The first kappa shape index (κ1) is 27.6. The number of halogens is 1. The minimum Gasteiger partial charge on any atom is -0.493 e. The lowest BCUT2D eigenvalue weighted by Crippen LogP contribution is -2.20. The first-order chi connectivity index (χ1) is 19.9. The van der Waals surface area contributed by atoms with Crippen molar-refractivity contribution in [2.45, 2.75) is 6.92 Å². The quantitative estimate of drug-likeness (QED) is 0.149. The molecule has 0 aliphatic rings. The van der Waals surface area contributed by atoms with Crippen molar-refractivity contribution in [1.29, 1.82) is 0 Å². The molecule has 41 heavy (non-hydrogen) atoms. The van der Waals surface area contributed by atoms with E-state index in [2.05, 4.69) is 31.8 Å². The van der Waals surface area contributed by atoms with Crippen LogP contribution in [0.1, 0.15) is 33.4 Å². The minimum absolute atomic E-state index is 0.178. The van der Waals surface area contributed by atoms with Gasteiger partial charge in [0.15, 0.2) is 21.9 Å². The third-order valence-corrected chi connectivity index (χ3v) is 6.73. The van der Waals surface area contributed by atoms with E-state index < -0.39 is 5.91 Å². The molecule has 9 nitrogen and oxygen atoms in total. The van der Waals surface area contributed by atoms with E-state index in [0.717, 1.165) is 5.56 Å². The lowest BCUT2D eigenvalue weighted by atomic mass is 10.0. The van der Waals surface area contributed by atoms with Crippen LogP contribution in [0.15, 0.2) is 99.1 Å². The van der Waals surface area contributed by atoms with Crippen LogP contribution >= 0.6 is 15.9 Å². The SMILES string of the molecule is COc1ccc(-c2cc(C(=O)NN=C(C)c3cccc(NC(=O)c4ccc(Br)o4)c3)c3ccccc3n2)cc1OC. The maximum absolute atomic E-state index is 13.4. The van der Waals surface area contributed by atoms with Crippen LogP contribution in [-0.4, -0.2) is 36.7 Å². The highest BCUT2D eigenvalue weighted by Gasteiger charge is 2.16. The van der Waals surface area contributed by atoms with E-state index in [1.807, 2.05) is 42.5 Å². The summed E-state index contributed by atoms with van der Waals surface area (Å²) in [6, 6.07) is 25.0. The highest BCUT2D eigenvalue weighted by atomic mass is 79.9. The van der Waals surface area contributed by atoms with Crippen molar-refractivity contribution in [3.63, 3.8) is 0 Å². The van der Waals surface area contributed by atoms with Crippen LogP contribution in [-0.2, 0) is 0 Å². The number of hydrazone groups is 1. The number of nitrogens with one attached hydrogen (secondary N) is 2. The fourth-order valence-electron chi connectivity index (χ4n) is 4.22. The Labute approximate surface area is 244 Å². The molecule has 0 aliphatic heterocycles. The highest BCUT2D eigenvalue weighted by molar-refractivity contribution is 9.10. The number of carbonyl (C=O) groups excluding carboxylic acids is 2. The van der Waals surface area contributed by atoms with E-state index in [4.69, 9.17) is 18.9 Å². The van der Waals surface area contributed by atoms with Crippen LogP contribution in [0, 0.1) is 0 Å². The number of furan rings is 1. The molecular formula is C31H25BrN4O5.